The number of benzene rings is 2. The molecule has 2 aliphatic rings. The van der Waals surface area contributed by atoms with E-state index in [1.165, 1.54) is 4.90 Å². The van der Waals surface area contributed by atoms with Gasteiger partial charge in [0.15, 0.2) is 0 Å². The number of imide groups is 1. The van der Waals surface area contributed by atoms with Crippen LogP contribution in [0.4, 0.5) is 5.69 Å². The Morgan fingerprint density at radius 3 is 2.38 bits per heavy atom. The SMILES string of the molecule is O=C(O)CCCN1C(=O)c2cccc3c(N4CCCC4)ccc(c23)C1=O. The predicted octanol–water partition coefficient (Wildman–Crippen LogP) is 2.90. The zero-order chi connectivity index (χ0) is 18.3. The van der Waals surface area contributed by atoms with Gasteiger partial charge in [-0.3, -0.25) is 19.3 Å². The van der Waals surface area contributed by atoms with Crippen LogP contribution in [0.3, 0.4) is 0 Å². The topological polar surface area (TPSA) is 77.9 Å². The van der Waals surface area contributed by atoms with Gasteiger partial charge < -0.3 is 10.0 Å². The Bertz CT molecular complexity index is 893. The van der Waals surface area contributed by atoms with Crippen molar-refractivity contribution in [2.24, 2.45) is 0 Å². The number of rotatable bonds is 5. The molecule has 134 valence electrons. The van der Waals surface area contributed by atoms with E-state index >= 15 is 0 Å². The second-order valence-electron chi connectivity index (χ2n) is 6.81. The Balaban J connectivity index is 1.76. The number of carboxylic acids is 1. The number of carbonyl (C=O) groups excluding carboxylic acids is 2. The van der Waals surface area contributed by atoms with Crippen LogP contribution in [-0.2, 0) is 4.79 Å². The summed E-state index contributed by atoms with van der Waals surface area (Å²) in [7, 11) is 0. The molecular weight excluding hydrogens is 332 g/mol. The molecule has 0 bridgehead atoms. The fraction of sp³-hybridized carbons (Fsp3) is 0.350. The van der Waals surface area contributed by atoms with Gasteiger partial charge >= 0.3 is 5.97 Å². The summed E-state index contributed by atoms with van der Waals surface area (Å²) in [5.41, 5.74) is 2.12. The number of carboxylic acid groups (broad SMARTS) is 1. The third kappa shape index (κ3) is 2.62. The summed E-state index contributed by atoms with van der Waals surface area (Å²) in [6.07, 6.45) is 2.49. The zero-order valence-electron chi connectivity index (χ0n) is 14.4. The first kappa shape index (κ1) is 16.6. The molecule has 1 fully saturated rings. The summed E-state index contributed by atoms with van der Waals surface area (Å²) >= 11 is 0. The first-order valence-electron chi connectivity index (χ1n) is 8.96. The van der Waals surface area contributed by atoms with Gasteiger partial charge in [-0.25, -0.2) is 0 Å². The lowest BCUT2D eigenvalue weighted by Gasteiger charge is -2.29. The number of aliphatic carboxylic acids is 1. The molecule has 2 amide bonds. The van der Waals surface area contributed by atoms with Crippen molar-refractivity contribution >= 4 is 34.2 Å². The van der Waals surface area contributed by atoms with Crippen LogP contribution in [0.15, 0.2) is 30.3 Å². The Labute approximate surface area is 151 Å². The van der Waals surface area contributed by atoms with Gasteiger partial charge in [-0.15, -0.1) is 0 Å². The largest absolute Gasteiger partial charge is 0.481 e. The summed E-state index contributed by atoms with van der Waals surface area (Å²) in [6, 6.07) is 9.34. The predicted molar refractivity (Wildman–Crippen MR) is 97.6 cm³/mol. The van der Waals surface area contributed by atoms with Gasteiger partial charge in [0.1, 0.15) is 0 Å². The third-order valence-electron chi connectivity index (χ3n) is 5.19. The van der Waals surface area contributed by atoms with Crippen LogP contribution in [0.5, 0.6) is 0 Å². The first-order valence-corrected chi connectivity index (χ1v) is 8.96. The number of nitrogens with zero attached hydrogens (tertiary/aromatic N) is 2. The van der Waals surface area contributed by atoms with Gasteiger partial charge in [-0.2, -0.15) is 0 Å². The van der Waals surface area contributed by atoms with Crippen LogP contribution in [0, 0.1) is 0 Å². The lowest BCUT2D eigenvalue weighted by atomic mass is 9.92. The number of hydrogen-bond acceptors (Lipinski definition) is 4. The summed E-state index contributed by atoms with van der Waals surface area (Å²) < 4.78 is 0. The molecule has 1 N–H and O–H groups in total. The number of anilines is 1. The third-order valence-corrected chi connectivity index (χ3v) is 5.19. The Hall–Kier alpha value is -2.89. The minimum Gasteiger partial charge on any atom is -0.481 e. The maximum absolute atomic E-state index is 12.9. The van der Waals surface area contributed by atoms with Gasteiger partial charge in [0.25, 0.3) is 11.8 Å². The van der Waals surface area contributed by atoms with Crippen molar-refractivity contribution in [2.45, 2.75) is 25.7 Å². The van der Waals surface area contributed by atoms with E-state index in [9.17, 15) is 14.4 Å². The van der Waals surface area contributed by atoms with Gasteiger partial charge in [-0.05, 0) is 37.5 Å². The molecule has 0 atom stereocenters. The van der Waals surface area contributed by atoms with E-state index in [-0.39, 0.29) is 31.2 Å². The number of hydrogen-bond donors (Lipinski definition) is 1. The van der Waals surface area contributed by atoms with E-state index in [0.717, 1.165) is 42.4 Å². The molecule has 4 rings (SSSR count). The molecule has 2 aliphatic heterocycles. The van der Waals surface area contributed by atoms with Crippen molar-refractivity contribution in [1.29, 1.82) is 0 Å². The second-order valence-corrected chi connectivity index (χ2v) is 6.81. The quantitative estimate of drug-likeness (QED) is 0.837. The summed E-state index contributed by atoms with van der Waals surface area (Å²) in [6.45, 7) is 2.09. The standard InChI is InChI=1S/C20H20N2O4/c23-17(24)7-4-12-22-19(25)14-6-3-5-13-16(21-10-1-2-11-21)9-8-15(18(13)14)20(22)26/h3,5-6,8-9H,1-2,4,7,10-12H2,(H,23,24). The summed E-state index contributed by atoms with van der Waals surface area (Å²) in [5.74, 6) is -1.60. The maximum atomic E-state index is 12.9. The zero-order valence-corrected chi connectivity index (χ0v) is 14.4. The van der Waals surface area contributed by atoms with Crippen molar-refractivity contribution < 1.29 is 19.5 Å². The molecular formula is C20H20N2O4. The van der Waals surface area contributed by atoms with E-state index < -0.39 is 5.97 Å². The van der Waals surface area contributed by atoms with Crippen molar-refractivity contribution in [2.75, 3.05) is 24.5 Å². The van der Waals surface area contributed by atoms with E-state index in [4.69, 9.17) is 5.11 Å². The van der Waals surface area contributed by atoms with Crippen LogP contribution in [0.2, 0.25) is 0 Å². The monoisotopic (exact) mass is 352 g/mol. The average molecular weight is 352 g/mol. The fourth-order valence-electron chi connectivity index (χ4n) is 3.96. The maximum Gasteiger partial charge on any atom is 0.303 e. The minimum atomic E-state index is -0.931. The fourth-order valence-corrected chi connectivity index (χ4v) is 3.96. The average Bonchev–Trinajstić information content (AvgIpc) is 3.16. The number of carbonyl (C=O) groups is 3. The van der Waals surface area contributed by atoms with Crippen LogP contribution in [-0.4, -0.2) is 47.4 Å². The van der Waals surface area contributed by atoms with Gasteiger partial charge in [0, 0.05) is 53.6 Å². The molecule has 0 spiro atoms. The molecule has 0 aliphatic carbocycles. The molecule has 2 aromatic carbocycles. The molecule has 26 heavy (non-hydrogen) atoms. The molecule has 0 unspecified atom stereocenters. The molecule has 1 saturated heterocycles. The summed E-state index contributed by atoms with van der Waals surface area (Å²) in [4.78, 5) is 39.9. The van der Waals surface area contributed by atoms with E-state index in [0.29, 0.717) is 11.1 Å². The molecule has 6 nitrogen and oxygen atoms in total. The van der Waals surface area contributed by atoms with Gasteiger partial charge in [-0.1, -0.05) is 12.1 Å². The Kier molecular flexibility index (Phi) is 4.11. The molecule has 0 aromatic heterocycles. The molecule has 0 radical (unpaired) electrons. The van der Waals surface area contributed by atoms with Gasteiger partial charge in [0.2, 0.25) is 0 Å². The summed E-state index contributed by atoms with van der Waals surface area (Å²) in [5, 5.41) is 10.5. The minimum absolute atomic E-state index is 0.0674. The van der Waals surface area contributed by atoms with Crippen LogP contribution in [0.1, 0.15) is 46.4 Å². The normalized spacial score (nSPS) is 16.6. The van der Waals surface area contributed by atoms with Crippen LogP contribution < -0.4 is 4.90 Å². The highest BCUT2D eigenvalue weighted by Gasteiger charge is 2.33. The van der Waals surface area contributed by atoms with Crippen molar-refractivity contribution in [3.05, 3.63) is 41.5 Å². The van der Waals surface area contributed by atoms with Gasteiger partial charge in [0.05, 0.1) is 0 Å². The first-order chi connectivity index (χ1) is 12.6. The molecule has 2 heterocycles. The van der Waals surface area contributed by atoms with E-state index in [1.807, 2.05) is 18.2 Å². The lowest BCUT2D eigenvalue weighted by Crippen LogP contribution is -2.41. The second kappa shape index (κ2) is 6.44. The van der Waals surface area contributed by atoms with Crippen LogP contribution in [0.25, 0.3) is 10.8 Å². The van der Waals surface area contributed by atoms with Crippen LogP contribution >= 0.6 is 0 Å². The Morgan fingerprint density at radius 1 is 1.00 bits per heavy atom. The highest BCUT2D eigenvalue weighted by molar-refractivity contribution is 6.26. The highest BCUT2D eigenvalue weighted by atomic mass is 16.4. The highest BCUT2D eigenvalue weighted by Crippen LogP contribution is 2.37. The van der Waals surface area contributed by atoms with E-state index in [2.05, 4.69) is 4.90 Å². The lowest BCUT2D eigenvalue weighted by molar-refractivity contribution is -0.137. The van der Waals surface area contributed by atoms with Crippen molar-refractivity contribution in [3.63, 3.8) is 0 Å². The smallest absolute Gasteiger partial charge is 0.303 e. The molecule has 0 saturated carbocycles. The van der Waals surface area contributed by atoms with Crippen molar-refractivity contribution in [1.82, 2.24) is 4.90 Å². The number of amides is 2. The molecule has 6 heteroatoms. The van der Waals surface area contributed by atoms with E-state index in [1.54, 1.807) is 12.1 Å². The molecule has 2 aromatic rings. The Morgan fingerprint density at radius 2 is 1.69 bits per heavy atom. The van der Waals surface area contributed by atoms with Crippen molar-refractivity contribution in [3.8, 4) is 0 Å².